The second kappa shape index (κ2) is 12.9. The van der Waals surface area contributed by atoms with Crippen LogP contribution in [0.2, 0.25) is 0 Å². The average Bonchev–Trinajstić information content (AvgIpc) is 2.85. The number of carbonyl (C=O) groups is 2. The fourth-order valence-corrected chi connectivity index (χ4v) is 3.90. The van der Waals surface area contributed by atoms with Gasteiger partial charge in [0.2, 0.25) is 0 Å². The number of ether oxygens (including phenoxy) is 3. The van der Waals surface area contributed by atoms with Gasteiger partial charge >= 0.3 is 0 Å². The molecule has 3 rings (SSSR count). The second-order valence-corrected chi connectivity index (χ2v) is 8.38. The molecule has 0 saturated heterocycles. The summed E-state index contributed by atoms with van der Waals surface area (Å²) in [5.41, 5.74) is 2.64. The van der Waals surface area contributed by atoms with Crippen molar-refractivity contribution < 1.29 is 23.8 Å². The first kappa shape index (κ1) is 25.5. The SMILES string of the molecule is C=C(C(=O)N(C)Cc1cccc(OC)c1)C1CCCCOCCOCc2ccccc2C(=O)N1. The normalized spacial score (nSPS) is 17.6. The van der Waals surface area contributed by atoms with Crippen molar-refractivity contribution in [3.05, 3.63) is 77.4 Å². The van der Waals surface area contributed by atoms with Crippen LogP contribution in [0.5, 0.6) is 5.75 Å². The summed E-state index contributed by atoms with van der Waals surface area (Å²) in [4.78, 5) is 28.0. The minimum atomic E-state index is -0.482. The lowest BCUT2D eigenvalue weighted by atomic mass is 9.99. The third-order valence-corrected chi connectivity index (χ3v) is 5.82. The average molecular weight is 467 g/mol. The van der Waals surface area contributed by atoms with Crippen molar-refractivity contribution in [2.75, 3.05) is 34.0 Å². The molecule has 7 heteroatoms. The maximum Gasteiger partial charge on any atom is 0.252 e. The van der Waals surface area contributed by atoms with Crippen molar-refractivity contribution in [2.45, 2.75) is 38.5 Å². The molecule has 0 aliphatic carbocycles. The van der Waals surface area contributed by atoms with Crippen LogP contribution in [0.3, 0.4) is 0 Å². The fourth-order valence-electron chi connectivity index (χ4n) is 3.90. The summed E-state index contributed by atoms with van der Waals surface area (Å²) in [6, 6.07) is 14.5. The zero-order chi connectivity index (χ0) is 24.3. The van der Waals surface area contributed by atoms with Gasteiger partial charge in [0.1, 0.15) is 5.75 Å². The molecule has 1 N–H and O–H groups in total. The van der Waals surface area contributed by atoms with E-state index in [2.05, 4.69) is 11.9 Å². The lowest BCUT2D eigenvalue weighted by molar-refractivity contribution is -0.126. The van der Waals surface area contributed by atoms with Gasteiger partial charge in [0.15, 0.2) is 0 Å². The van der Waals surface area contributed by atoms with E-state index in [-0.39, 0.29) is 11.8 Å². The van der Waals surface area contributed by atoms with E-state index in [1.807, 2.05) is 42.5 Å². The monoisotopic (exact) mass is 466 g/mol. The molecule has 0 fully saturated rings. The Balaban J connectivity index is 1.74. The summed E-state index contributed by atoms with van der Waals surface area (Å²) in [5, 5.41) is 3.04. The number of amides is 2. The molecule has 0 radical (unpaired) electrons. The van der Waals surface area contributed by atoms with E-state index in [9.17, 15) is 9.59 Å². The van der Waals surface area contributed by atoms with E-state index in [1.54, 1.807) is 25.1 Å². The Labute approximate surface area is 201 Å². The van der Waals surface area contributed by atoms with Crippen LogP contribution in [0.25, 0.3) is 0 Å². The van der Waals surface area contributed by atoms with Crippen molar-refractivity contribution in [2.24, 2.45) is 0 Å². The van der Waals surface area contributed by atoms with Gasteiger partial charge in [-0.05, 0) is 48.6 Å². The van der Waals surface area contributed by atoms with Crippen LogP contribution in [-0.2, 0) is 27.4 Å². The minimum Gasteiger partial charge on any atom is -0.497 e. The summed E-state index contributed by atoms with van der Waals surface area (Å²) in [6.07, 6.45) is 2.22. The van der Waals surface area contributed by atoms with E-state index in [4.69, 9.17) is 14.2 Å². The highest BCUT2D eigenvalue weighted by atomic mass is 16.5. The van der Waals surface area contributed by atoms with Crippen molar-refractivity contribution >= 4 is 11.8 Å². The number of hydrogen-bond donors (Lipinski definition) is 1. The number of nitrogens with one attached hydrogen (secondary N) is 1. The van der Waals surface area contributed by atoms with E-state index in [0.29, 0.717) is 50.5 Å². The van der Waals surface area contributed by atoms with Gasteiger partial charge in [-0.15, -0.1) is 0 Å². The van der Waals surface area contributed by atoms with Crippen LogP contribution in [0, 0.1) is 0 Å². The molecule has 1 aliphatic heterocycles. The lowest BCUT2D eigenvalue weighted by Crippen LogP contribution is -2.41. The largest absolute Gasteiger partial charge is 0.497 e. The second-order valence-electron chi connectivity index (χ2n) is 8.38. The van der Waals surface area contributed by atoms with Gasteiger partial charge in [-0.25, -0.2) is 0 Å². The van der Waals surface area contributed by atoms with E-state index in [1.165, 1.54) is 0 Å². The zero-order valence-electron chi connectivity index (χ0n) is 20.0. The molecule has 2 amide bonds. The van der Waals surface area contributed by atoms with E-state index < -0.39 is 6.04 Å². The van der Waals surface area contributed by atoms with Gasteiger partial charge in [-0.3, -0.25) is 9.59 Å². The van der Waals surface area contributed by atoms with Gasteiger partial charge in [0, 0.05) is 31.3 Å². The van der Waals surface area contributed by atoms with Gasteiger partial charge in [0.25, 0.3) is 11.8 Å². The van der Waals surface area contributed by atoms with Crippen LogP contribution in [0.15, 0.2) is 60.7 Å². The Morgan fingerprint density at radius 2 is 1.91 bits per heavy atom. The first-order valence-electron chi connectivity index (χ1n) is 11.6. The Kier molecular flexibility index (Phi) is 9.67. The molecule has 0 aromatic heterocycles. The Morgan fingerprint density at radius 3 is 2.74 bits per heavy atom. The zero-order valence-corrected chi connectivity index (χ0v) is 20.0. The quantitative estimate of drug-likeness (QED) is 0.680. The molecule has 2 aromatic carbocycles. The number of nitrogens with zero attached hydrogens (tertiary/aromatic N) is 1. The highest BCUT2D eigenvalue weighted by molar-refractivity contribution is 5.98. The number of fused-ring (bicyclic) bond motifs is 1. The highest BCUT2D eigenvalue weighted by Crippen LogP contribution is 2.18. The molecule has 0 spiro atoms. The summed E-state index contributed by atoms with van der Waals surface area (Å²) < 4.78 is 16.6. The van der Waals surface area contributed by atoms with Crippen molar-refractivity contribution in [1.29, 1.82) is 0 Å². The Hall–Kier alpha value is -3.16. The highest BCUT2D eigenvalue weighted by Gasteiger charge is 2.25. The number of carbonyl (C=O) groups excluding carboxylic acids is 2. The summed E-state index contributed by atoms with van der Waals surface area (Å²) in [6.45, 7) is 6.40. The number of methoxy groups -OCH3 is 1. The summed E-state index contributed by atoms with van der Waals surface area (Å²) >= 11 is 0. The van der Waals surface area contributed by atoms with Crippen molar-refractivity contribution in [3.63, 3.8) is 0 Å². The molecule has 1 heterocycles. The lowest BCUT2D eigenvalue weighted by Gasteiger charge is -2.25. The number of benzene rings is 2. The predicted molar refractivity (Wildman–Crippen MR) is 131 cm³/mol. The summed E-state index contributed by atoms with van der Waals surface area (Å²) in [7, 11) is 3.35. The molecule has 0 saturated carbocycles. The molecule has 1 atom stereocenters. The minimum absolute atomic E-state index is 0.206. The smallest absolute Gasteiger partial charge is 0.252 e. The molecule has 182 valence electrons. The maximum atomic E-state index is 13.2. The van der Waals surface area contributed by atoms with Crippen LogP contribution >= 0.6 is 0 Å². The molecule has 2 aromatic rings. The third kappa shape index (κ3) is 7.17. The molecule has 34 heavy (non-hydrogen) atoms. The van der Waals surface area contributed by atoms with Crippen LogP contribution in [0.1, 0.15) is 40.7 Å². The van der Waals surface area contributed by atoms with Gasteiger partial charge < -0.3 is 24.4 Å². The predicted octanol–water partition coefficient (Wildman–Crippen LogP) is 3.73. The first-order valence-corrected chi connectivity index (χ1v) is 11.6. The van der Waals surface area contributed by atoms with Crippen LogP contribution in [0.4, 0.5) is 0 Å². The number of likely N-dealkylation sites (N-methyl/N-ethyl adjacent to an activating group) is 1. The van der Waals surface area contributed by atoms with Crippen molar-refractivity contribution in [3.8, 4) is 5.75 Å². The first-order chi connectivity index (χ1) is 16.5. The number of rotatable bonds is 5. The van der Waals surface area contributed by atoms with Crippen LogP contribution < -0.4 is 10.1 Å². The van der Waals surface area contributed by atoms with Crippen LogP contribution in [-0.4, -0.2) is 56.7 Å². The Morgan fingerprint density at radius 1 is 1.12 bits per heavy atom. The molecule has 1 aliphatic rings. The maximum absolute atomic E-state index is 13.2. The molecule has 1 unspecified atom stereocenters. The molecular formula is C27H34N2O5. The molecule has 0 bridgehead atoms. The molecule has 7 nitrogen and oxygen atoms in total. The van der Waals surface area contributed by atoms with Gasteiger partial charge in [-0.1, -0.05) is 36.9 Å². The van der Waals surface area contributed by atoms with Crippen molar-refractivity contribution in [1.82, 2.24) is 10.2 Å². The number of hydrogen-bond acceptors (Lipinski definition) is 5. The summed E-state index contributed by atoms with van der Waals surface area (Å²) in [5.74, 6) is 0.296. The standard InChI is InChI=1S/C27H34N2O5/c1-20(27(31)29(2)18-21-9-8-11-23(17-21)32-3)25-13-6-7-14-33-15-16-34-19-22-10-4-5-12-24(22)26(30)28-25/h4-5,8-12,17,25H,1,6-7,13-16,18-19H2,2-3H3,(H,28,30). The topological polar surface area (TPSA) is 77.1 Å². The third-order valence-electron chi connectivity index (χ3n) is 5.82. The fraction of sp³-hybridized carbons (Fsp3) is 0.407. The van der Waals surface area contributed by atoms with Gasteiger partial charge in [0.05, 0.1) is 33.0 Å². The van der Waals surface area contributed by atoms with E-state index >= 15 is 0 Å². The van der Waals surface area contributed by atoms with E-state index in [0.717, 1.165) is 29.7 Å². The Bertz CT molecular complexity index is 990. The van der Waals surface area contributed by atoms with Gasteiger partial charge in [-0.2, -0.15) is 0 Å². The molecular weight excluding hydrogens is 432 g/mol.